The zero-order valence-electron chi connectivity index (χ0n) is 7.51. The molecule has 0 aliphatic heterocycles. The molecule has 0 aliphatic carbocycles. The lowest BCUT2D eigenvalue weighted by molar-refractivity contribution is -0.385. The van der Waals surface area contributed by atoms with Crippen LogP contribution in [0, 0.1) is 15.9 Å². The molecule has 2 N–H and O–H groups in total. The van der Waals surface area contributed by atoms with Crippen molar-refractivity contribution in [3.05, 3.63) is 45.8 Å². The minimum atomic E-state index is -0.756. The van der Waals surface area contributed by atoms with Gasteiger partial charge in [0.1, 0.15) is 5.82 Å². The van der Waals surface area contributed by atoms with Gasteiger partial charge in [0.25, 0.3) is 5.69 Å². The summed E-state index contributed by atoms with van der Waals surface area (Å²) in [4.78, 5) is 20.3. The van der Waals surface area contributed by atoms with Crippen LogP contribution in [0.1, 0.15) is 5.56 Å². The van der Waals surface area contributed by atoms with Crippen LogP contribution < -0.4 is 5.73 Å². The number of hydrogen-bond donors (Lipinski definition) is 1. The number of amides is 1. The first-order valence-electron chi connectivity index (χ1n) is 3.92. The number of carbonyl (C=O) groups is 1. The molecule has 1 aromatic carbocycles. The highest BCUT2D eigenvalue weighted by molar-refractivity contribution is 5.90. The SMILES string of the molecule is NC(=O)C=Cc1cc(F)ccc1[N+](=O)[O-]. The van der Waals surface area contributed by atoms with E-state index in [-0.39, 0.29) is 11.3 Å². The van der Waals surface area contributed by atoms with Gasteiger partial charge in [0.2, 0.25) is 5.91 Å². The zero-order chi connectivity index (χ0) is 11.4. The number of nitro benzene ring substituents is 1. The van der Waals surface area contributed by atoms with Crippen LogP contribution >= 0.6 is 0 Å². The maximum Gasteiger partial charge on any atom is 0.276 e. The van der Waals surface area contributed by atoms with Crippen LogP contribution in [0.3, 0.4) is 0 Å². The Bertz CT molecular complexity index is 443. The topological polar surface area (TPSA) is 86.2 Å². The molecule has 0 aromatic heterocycles. The highest BCUT2D eigenvalue weighted by Gasteiger charge is 2.11. The van der Waals surface area contributed by atoms with Crippen LogP contribution in [-0.4, -0.2) is 10.8 Å². The van der Waals surface area contributed by atoms with Gasteiger partial charge >= 0.3 is 0 Å². The van der Waals surface area contributed by atoms with Gasteiger partial charge < -0.3 is 5.73 Å². The standard InChI is InChI=1S/C9H7FN2O3/c10-7-2-3-8(12(14)15)6(5-7)1-4-9(11)13/h1-5H,(H2,11,13). The van der Waals surface area contributed by atoms with Gasteiger partial charge in [0, 0.05) is 12.1 Å². The summed E-state index contributed by atoms with van der Waals surface area (Å²) in [5.74, 6) is -1.38. The smallest absolute Gasteiger partial charge is 0.276 e. The van der Waals surface area contributed by atoms with Crippen molar-refractivity contribution >= 4 is 17.7 Å². The van der Waals surface area contributed by atoms with Crippen molar-refractivity contribution in [1.29, 1.82) is 0 Å². The molecule has 0 unspecified atom stereocenters. The molecule has 0 spiro atoms. The normalized spacial score (nSPS) is 10.5. The number of nitrogens with two attached hydrogens (primary N) is 1. The molecule has 0 heterocycles. The van der Waals surface area contributed by atoms with Crippen LogP contribution in [-0.2, 0) is 4.79 Å². The van der Waals surface area contributed by atoms with E-state index < -0.39 is 16.6 Å². The minimum absolute atomic E-state index is 0.00111. The van der Waals surface area contributed by atoms with Crippen molar-refractivity contribution < 1.29 is 14.1 Å². The van der Waals surface area contributed by atoms with E-state index in [4.69, 9.17) is 5.73 Å². The average molecular weight is 210 g/mol. The van der Waals surface area contributed by atoms with E-state index >= 15 is 0 Å². The Morgan fingerprint density at radius 2 is 2.20 bits per heavy atom. The van der Waals surface area contributed by atoms with Gasteiger partial charge in [0.05, 0.1) is 10.5 Å². The molecule has 0 saturated carbocycles. The van der Waals surface area contributed by atoms with Crippen LogP contribution in [0.4, 0.5) is 10.1 Å². The third-order valence-corrected chi connectivity index (χ3v) is 1.61. The van der Waals surface area contributed by atoms with Gasteiger partial charge in [-0.05, 0) is 18.2 Å². The molecule has 0 fully saturated rings. The van der Waals surface area contributed by atoms with E-state index in [1.807, 2.05) is 0 Å². The number of benzene rings is 1. The summed E-state index contributed by atoms with van der Waals surface area (Å²) in [6.45, 7) is 0. The fourth-order valence-corrected chi connectivity index (χ4v) is 0.997. The molecule has 0 bridgehead atoms. The van der Waals surface area contributed by atoms with Gasteiger partial charge in [-0.15, -0.1) is 0 Å². The molecule has 78 valence electrons. The molecular weight excluding hydrogens is 203 g/mol. The highest BCUT2D eigenvalue weighted by Crippen LogP contribution is 2.20. The first-order valence-corrected chi connectivity index (χ1v) is 3.92. The molecule has 0 saturated heterocycles. The predicted molar refractivity (Wildman–Crippen MR) is 51.3 cm³/mol. The third kappa shape index (κ3) is 2.87. The Morgan fingerprint density at radius 1 is 1.53 bits per heavy atom. The Labute approximate surface area is 84.2 Å². The zero-order valence-corrected chi connectivity index (χ0v) is 7.51. The fourth-order valence-electron chi connectivity index (χ4n) is 0.997. The molecule has 1 aromatic rings. The van der Waals surface area contributed by atoms with E-state index in [1.165, 1.54) is 0 Å². The Morgan fingerprint density at radius 3 is 2.73 bits per heavy atom. The highest BCUT2D eigenvalue weighted by atomic mass is 19.1. The van der Waals surface area contributed by atoms with Crippen molar-refractivity contribution in [2.24, 2.45) is 5.73 Å². The summed E-state index contributed by atoms with van der Waals surface area (Å²) in [7, 11) is 0. The van der Waals surface area contributed by atoms with Gasteiger partial charge in [-0.25, -0.2) is 4.39 Å². The van der Waals surface area contributed by atoms with Gasteiger partial charge in [-0.3, -0.25) is 14.9 Å². The summed E-state index contributed by atoms with van der Waals surface area (Å²) in [5, 5.41) is 10.5. The number of nitro groups is 1. The summed E-state index contributed by atoms with van der Waals surface area (Å²) in [5.41, 5.74) is 4.53. The van der Waals surface area contributed by atoms with Crippen molar-refractivity contribution in [2.75, 3.05) is 0 Å². The monoisotopic (exact) mass is 210 g/mol. The summed E-state index contributed by atoms with van der Waals surface area (Å²) >= 11 is 0. The quantitative estimate of drug-likeness (QED) is 0.462. The maximum absolute atomic E-state index is 12.8. The molecule has 15 heavy (non-hydrogen) atoms. The number of rotatable bonds is 3. The van der Waals surface area contributed by atoms with Gasteiger partial charge in [0.15, 0.2) is 0 Å². The Kier molecular flexibility index (Phi) is 3.12. The summed E-state index contributed by atoms with van der Waals surface area (Å²) < 4.78 is 12.8. The molecule has 0 aliphatic rings. The van der Waals surface area contributed by atoms with E-state index in [0.717, 1.165) is 30.4 Å². The number of halogens is 1. The van der Waals surface area contributed by atoms with Crippen molar-refractivity contribution in [3.8, 4) is 0 Å². The second-order valence-electron chi connectivity index (χ2n) is 2.70. The molecule has 0 atom stereocenters. The van der Waals surface area contributed by atoms with E-state index in [0.29, 0.717) is 0 Å². The second-order valence-corrected chi connectivity index (χ2v) is 2.70. The van der Waals surface area contributed by atoms with E-state index in [9.17, 15) is 19.3 Å². The second kappa shape index (κ2) is 4.32. The summed E-state index contributed by atoms with van der Waals surface area (Å²) in [6, 6.07) is 2.95. The van der Waals surface area contributed by atoms with Gasteiger partial charge in [-0.1, -0.05) is 0 Å². The first kappa shape index (κ1) is 10.8. The largest absolute Gasteiger partial charge is 0.366 e. The van der Waals surface area contributed by atoms with Crippen molar-refractivity contribution in [1.82, 2.24) is 0 Å². The van der Waals surface area contributed by atoms with Crippen LogP contribution in [0.25, 0.3) is 6.08 Å². The Hall–Kier alpha value is -2.24. The number of carbonyl (C=O) groups excluding carboxylic acids is 1. The van der Waals surface area contributed by atoms with Gasteiger partial charge in [-0.2, -0.15) is 0 Å². The van der Waals surface area contributed by atoms with Crippen molar-refractivity contribution in [3.63, 3.8) is 0 Å². The number of hydrogen-bond acceptors (Lipinski definition) is 3. The summed E-state index contributed by atoms with van der Waals surface area (Å²) in [6.07, 6.45) is 2.03. The molecule has 0 radical (unpaired) electrons. The average Bonchev–Trinajstić information content (AvgIpc) is 2.14. The Balaban J connectivity index is 3.18. The molecule has 6 heteroatoms. The molecule has 1 rings (SSSR count). The predicted octanol–water partition coefficient (Wildman–Crippen LogP) is 1.23. The molecule has 5 nitrogen and oxygen atoms in total. The van der Waals surface area contributed by atoms with Crippen LogP contribution in [0.5, 0.6) is 0 Å². The molecular formula is C9H7FN2O3. The van der Waals surface area contributed by atoms with E-state index in [1.54, 1.807) is 0 Å². The third-order valence-electron chi connectivity index (χ3n) is 1.61. The lowest BCUT2D eigenvalue weighted by Gasteiger charge is -1.96. The molecule has 1 amide bonds. The fraction of sp³-hybridized carbons (Fsp3) is 0. The first-order chi connectivity index (χ1) is 7.00. The van der Waals surface area contributed by atoms with Crippen LogP contribution in [0.15, 0.2) is 24.3 Å². The lowest BCUT2D eigenvalue weighted by Crippen LogP contribution is -2.05. The van der Waals surface area contributed by atoms with Crippen LogP contribution in [0.2, 0.25) is 0 Å². The number of nitrogens with zero attached hydrogens (tertiary/aromatic N) is 1. The van der Waals surface area contributed by atoms with Crippen molar-refractivity contribution in [2.45, 2.75) is 0 Å². The lowest BCUT2D eigenvalue weighted by atomic mass is 10.1. The van der Waals surface area contributed by atoms with E-state index in [2.05, 4.69) is 0 Å². The minimum Gasteiger partial charge on any atom is -0.366 e. The maximum atomic E-state index is 12.8. The number of primary amides is 1.